The Bertz CT molecular complexity index is 701. The first-order chi connectivity index (χ1) is 12.0. The van der Waals surface area contributed by atoms with E-state index in [9.17, 15) is 4.79 Å². The molecular formula is C20H24ClNO3. The van der Waals surface area contributed by atoms with Gasteiger partial charge in [0.05, 0.1) is 24.8 Å². The number of methoxy groups -OCH3 is 1. The summed E-state index contributed by atoms with van der Waals surface area (Å²) in [6.07, 6.45) is 1.04. The summed E-state index contributed by atoms with van der Waals surface area (Å²) < 4.78 is 10.6. The van der Waals surface area contributed by atoms with Gasteiger partial charge in [-0.2, -0.15) is 0 Å². The lowest BCUT2D eigenvalue weighted by Crippen LogP contribution is -2.26. The summed E-state index contributed by atoms with van der Waals surface area (Å²) in [6.45, 7) is 4.56. The predicted molar refractivity (Wildman–Crippen MR) is 100 cm³/mol. The third kappa shape index (κ3) is 5.68. The fourth-order valence-corrected chi connectivity index (χ4v) is 2.82. The molecule has 2 rings (SSSR count). The lowest BCUT2D eigenvalue weighted by Gasteiger charge is -2.15. The normalized spacial score (nSPS) is 11.7. The number of hydrogen-bond donors (Lipinski definition) is 1. The maximum Gasteiger partial charge on any atom is 0.220 e. The molecular weight excluding hydrogens is 338 g/mol. The number of aryl methyl sites for hydroxylation is 1. The van der Waals surface area contributed by atoms with Crippen LogP contribution in [-0.4, -0.2) is 19.6 Å². The molecule has 0 spiro atoms. The van der Waals surface area contributed by atoms with Gasteiger partial charge in [-0.3, -0.25) is 4.79 Å². The van der Waals surface area contributed by atoms with Crippen LogP contribution in [0.3, 0.4) is 0 Å². The van der Waals surface area contributed by atoms with Crippen LogP contribution in [-0.2, 0) is 11.2 Å². The van der Waals surface area contributed by atoms with Crippen molar-refractivity contribution in [2.45, 2.75) is 32.7 Å². The molecule has 5 heteroatoms. The maximum absolute atomic E-state index is 12.2. The SMILES string of the molecule is CCOc1ccc(C(C)NC(=O)CCc2ccc(OC)c(Cl)c2)cc1. The van der Waals surface area contributed by atoms with Crippen molar-refractivity contribution in [2.75, 3.05) is 13.7 Å². The summed E-state index contributed by atoms with van der Waals surface area (Å²) in [5.41, 5.74) is 2.05. The first-order valence-electron chi connectivity index (χ1n) is 8.38. The summed E-state index contributed by atoms with van der Waals surface area (Å²) in [4.78, 5) is 12.2. The highest BCUT2D eigenvalue weighted by Gasteiger charge is 2.10. The van der Waals surface area contributed by atoms with Gasteiger partial charge in [0.2, 0.25) is 5.91 Å². The first-order valence-corrected chi connectivity index (χ1v) is 8.75. The van der Waals surface area contributed by atoms with E-state index in [4.69, 9.17) is 21.1 Å². The van der Waals surface area contributed by atoms with E-state index >= 15 is 0 Å². The number of carbonyl (C=O) groups is 1. The average Bonchev–Trinajstić information content (AvgIpc) is 2.61. The summed E-state index contributed by atoms with van der Waals surface area (Å²) >= 11 is 6.11. The predicted octanol–water partition coefficient (Wildman–Crippen LogP) is 4.56. The van der Waals surface area contributed by atoms with E-state index in [1.54, 1.807) is 7.11 Å². The zero-order chi connectivity index (χ0) is 18.2. The molecule has 1 N–H and O–H groups in total. The standard InChI is InChI=1S/C20H24ClNO3/c1-4-25-17-9-7-16(8-10-17)14(2)22-20(23)12-6-15-5-11-19(24-3)18(21)13-15/h5,7-11,13-14H,4,6,12H2,1-3H3,(H,22,23). The van der Waals surface area contributed by atoms with E-state index in [2.05, 4.69) is 5.32 Å². The number of nitrogens with one attached hydrogen (secondary N) is 1. The van der Waals surface area contributed by atoms with Crippen molar-refractivity contribution in [2.24, 2.45) is 0 Å². The zero-order valence-corrected chi connectivity index (χ0v) is 15.6. The van der Waals surface area contributed by atoms with E-state index in [-0.39, 0.29) is 11.9 Å². The van der Waals surface area contributed by atoms with Crippen LogP contribution in [0.1, 0.15) is 37.4 Å². The molecule has 1 unspecified atom stereocenters. The number of rotatable bonds is 8. The number of benzene rings is 2. The molecule has 0 aliphatic carbocycles. The monoisotopic (exact) mass is 361 g/mol. The smallest absolute Gasteiger partial charge is 0.220 e. The van der Waals surface area contributed by atoms with Gasteiger partial charge in [-0.15, -0.1) is 0 Å². The zero-order valence-electron chi connectivity index (χ0n) is 14.8. The highest BCUT2D eigenvalue weighted by molar-refractivity contribution is 6.32. The fourth-order valence-electron chi connectivity index (χ4n) is 2.54. The highest BCUT2D eigenvalue weighted by atomic mass is 35.5. The van der Waals surface area contributed by atoms with Gasteiger partial charge in [0.25, 0.3) is 0 Å². The first kappa shape index (κ1) is 19.1. The molecule has 1 atom stereocenters. The molecule has 0 saturated heterocycles. The minimum absolute atomic E-state index is 0.00771. The molecule has 0 aliphatic heterocycles. The summed E-state index contributed by atoms with van der Waals surface area (Å²) in [7, 11) is 1.58. The van der Waals surface area contributed by atoms with E-state index in [1.165, 1.54) is 0 Å². The van der Waals surface area contributed by atoms with Crippen LogP contribution in [0.15, 0.2) is 42.5 Å². The van der Waals surface area contributed by atoms with E-state index in [1.807, 2.05) is 56.3 Å². The van der Waals surface area contributed by atoms with Gasteiger partial charge in [-0.05, 0) is 55.7 Å². The summed E-state index contributed by atoms with van der Waals surface area (Å²) in [5, 5.41) is 3.58. The van der Waals surface area contributed by atoms with Crippen molar-refractivity contribution in [3.05, 3.63) is 58.6 Å². The molecule has 0 aromatic heterocycles. The van der Waals surface area contributed by atoms with Crippen molar-refractivity contribution in [1.29, 1.82) is 0 Å². The number of amides is 1. The number of hydrogen-bond acceptors (Lipinski definition) is 3. The van der Waals surface area contributed by atoms with Gasteiger partial charge >= 0.3 is 0 Å². The molecule has 0 fully saturated rings. The van der Waals surface area contributed by atoms with Crippen LogP contribution in [0.5, 0.6) is 11.5 Å². The van der Waals surface area contributed by atoms with Crippen molar-refractivity contribution in [3.8, 4) is 11.5 Å². The lowest BCUT2D eigenvalue weighted by molar-refractivity contribution is -0.121. The number of carbonyl (C=O) groups excluding carboxylic acids is 1. The Morgan fingerprint density at radius 2 is 1.92 bits per heavy atom. The molecule has 2 aromatic carbocycles. The van der Waals surface area contributed by atoms with Gasteiger partial charge in [-0.1, -0.05) is 29.8 Å². The van der Waals surface area contributed by atoms with Gasteiger partial charge in [0, 0.05) is 6.42 Å². The van der Waals surface area contributed by atoms with Crippen molar-refractivity contribution in [3.63, 3.8) is 0 Å². The van der Waals surface area contributed by atoms with E-state index < -0.39 is 0 Å². The average molecular weight is 362 g/mol. The molecule has 2 aromatic rings. The highest BCUT2D eigenvalue weighted by Crippen LogP contribution is 2.25. The summed E-state index contributed by atoms with van der Waals surface area (Å²) in [6, 6.07) is 13.3. The van der Waals surface area contributed by atoms with Crippen LogP contribution in [0.2, 0.25) is 5.02 Å². The summed E-state index contributed by atoms with van der Waals surface area (Å²) in [5.74, 6) is 1.48. The van der Waals surface area contributed by atoms with Gasteiger partial charge < -0.3 is 14.8 Å². The van der Waals surface area contributed by atoms with Gasteiger partial charge in [0.1, 0.15) is 11.5 Å². The molecule has 0 aliphatic rings. The van der Waals surface area contributed by atoms with Crippen LogP contribution in [0.25, 0.3) is 0 Å². The molecule has 0 saturated carbocycles. The Morgan fingerprint density at radius 3 is 2.52 bits per heavy atom. The third-order valence-corrected chi connectivity index (χ3v) is 4.22. The Morgan fingerprint density at radius 1 is 1.20 bits per heavy atom. The maximum atomic E-state index is 12.2. The fraction of sp³-hybridized carbons (Fsp3) is 0.350. The van der Waals surface area contributed by atoms with Crippen LogP contribution >= 0.6 is 11.6 Å². The Hall–Kier alpha value is -2.20. The minimum Gasteiger partial charge on any atom is -0.495 e. The van der Waals surface area contributed by atoms with Crippen molar-refractivity contribution >= 4 is 17.5 Å². The largest absolute Gasteiger partial charge is 0.495 e. The molecule has 1 amide bonds. The van der Waals surface area contributed by atoms with Crippen molar-refractivity contribution in [1.82, 2.24) is 5.32 Å². The van der Waals surface area contributed by atoms with Crippen LogP contribution in [0.4, 0.5) is 0 Å². The Kier molecular flexibility index (Phi) is 7.14. The third-order valence-electron chi connectivity index (χ3n) is 3.93. The van der Waals surface area contributed by atoms with Crippen LogP contribution in [0, 0.1) is 0 Å². The second kappa shape index (κ2) is 9.33. The molecule has 4 nitrogen and oxygen atoms in total. The second-order valence-corrected chi connectivity index (χ2v) is 6.17. The van der Waals surface area contributed by atoms with Gasteiger partial charge in [0.15, 0.2) is 0 Å². The second-order valence-electron chi connectivity index (χ2n) is 5.76. The molecule has 134 valence electrons. The van der Waals surface area contributed by atoms with E-state index in [0.29, 0.717) is 30.2 Å². The quantitative estimate of drug-likeness (QED) is 0.749. The molecule has 0 radical (unpaired) electrons. The lowest BCUT2D eigenvalue weighted by atomic mass is 10.1. The number of ether oxygens (including phenoxy) is 2. The van der Waals surface area contributed by atoms with Crippen LogP contribution < -0.4 is 14.8 Å². The Labute approximate surface area is 154 Å². The number of halogens is 1. The molecule has 25 heavy (non-hydrogen) atoms. The van der Waals surface area contributed by atoms with E-state index in [0.717, 1.165) is 16.9 Å². The Balaban J connectivity index is 1.85. The van der Waals surface area contributed by atoms with Crippen molar-refractivity contribution < 1.29 is 14.3 Å². The molecule has 0 heterocycles. The molecule has 0 bridgehead atoms. The van der Waals surface area contributed by atoms with Gasteiger partial charge in [-0.25, -0.2) is 0 Å². The topological polar surface area (TPSA) is 47.6 Å². The minimum atomic E-state index is -0.0531.